The molecular weight excluding hydrogens is 617 g/mol. The Morgan fingerprint density at radius 3 is 1.57 bits per heavy atom. The molecule has 0 atom stereocenters. The van der Waals surface area contributed by atoms with Crippen LogP contribution in [-0.2, 0) is 20.4 Å². The number of carbonyl (C=O) groups excluding carboxylic acids is 1. The fourth-order valence-corrected chi connectivity index (χ4v) is 6.19. The van der Waals surface area contributed by atoms with Crippen molar-refractivity contribution in [3.05, 3.63) is 147 Å². The summed E-state index contributed by atoms with van der Waals surface area (Å²) in [5.74, 6) is -0.114. The Kier molecular flexibility index (Phi) is 12.0. The van der Waals surface area contributed by atoms with Gasteiger partial charge in [-0.05, 0) is 28.0 Å². The third-order valence-corrected chi connectivity index (χ3v) is 10.1. The average molecular weight is 656 g/mol. The van der Waals surface area contributed by atoms with Crippen molar-refractivity contribution >= 4 is 47.2 Å². The van der Waals surface area contributed by atoms with Crippen molar-refractivity contribution in [2.45, 2.75) is 34.6 Å². The Morgan fingerprint density at radius 2 is 1.09 bits per heavy atom. The van der Waals surface area contributed by atoms with Crippen molar-refractivity contribution in [1.82, 2.24) is 0 Å². The van der Waals surface area contributed by atoms with Crippen LogP contribution < -0.4 is 5.32 Å². The number of anilines is 1. The number of carbonyl (C=O) groups is 1. The summed E-state index contributed by atoms with van der Waals surface area (Å²) < 4.78 is 1.53. The Morgan fingerprint density at radius 1 is 0.614 bits per heavy atom. The van der Waals surface area contributed by atoms with E-state index in [9.17, 15) is 4.79 Å². The van der Waals surface area contributed by atoms with Crippen molar-refractivity contribution in [3.63, 3.8) is 0 Å². The quantitative estimate of drug-likeness (QED) is 0.192. The minimum Gasteiger partial charge on any atom is -0.321 e. The Hall–Kier alpha value is -3.40. The molecular formula is C39H38Cl2NOTi. The second-order valence-electron chi connectivity index (χ2n) is 11.3. The van der Waals surface area contributed by atoms with E-state index in [2.05, 4.69) is 96.8 Å². The number of halogens is 2. The van der Waals surface area contributed by atoms with E-state index in [1.54, 1.807) is 0 Å². The van der Waals surface area contributed by atoms with Crippen molar-refractivity contribution in [2.75, 3.05) is 5.32 Å². The van der Waals surface area contributed by atoms with Crippen LogP contribution >= 0.6 is 24.8 Å². The molecule has 0 aromatic heterocycles. The second kappa shape index (κ2) is 15.1. The maximum Gasteiger partial charge on any atom is 0.256 e. The van der Waals surface area contributed by atoms with Crippen molar-refractivity contribution in [2.24, 2.45) is 5.41 Å². The van der Waals surface area contributed by atoms with Gasteiger partial charge in [0.05, 0.1) is 5.69 Å². The molecule has 5 aromatic rings. The third-order valence-electron chi connectivity index (χ3n) is 8.57. The SMILES string of the molecule is CC1=C(C)C(C)(C)[C]([Ti])=C1C.Cl.Cl.O=C(Nc1c(-c2ccccc2)cccc1-c1ccccc1)c1cccc2ccccc12. The van der Waals surface area contributed by atoms with E-state index in [0.717, 1.165) is 38.7 Å². The van der Waals surface area contributed by atoms with Gasteiger partial charge in [-0.2, -0.15) is 0 Å². The Bertz CT molecular complexity index is 1740. The van der Waals surface area contributed by atoms with Crippen LogP contribution in [0.4, 0.5) is 5.69 Å². The summed E-state index contributed by atoms with van der Waals surface area (Å²) in [5, 5.41) is 5.24. The number of hydrogen-bond acceptors (Lipinski definition) is 1. The molecule has 0 aliphatic heterocycles. The molecule has 2 nitrogen and oxygen atoms in total. The fraction of sp³-hybridized carbons (Fsp3) is 0.154. The standard InChI is InChI=1S/C29H21NO.C10H15.2ClH.Ti/c31-29(27-20-9-16-21-15-7-8-17-24(21)27)30-28-25(22-11-3-1-4-12-22)18-10-19-26(28)23-13-5-2-6-14-23;1-7-6-10(4,5)9(3)8(7)2;;;/h1-20H,(H,30,31);1-5H3;2*1H;. The van der Waals surface area contributed by atoms with Crippen molar-refractivity contribution in [1.29, 1.82) is 0 Å². The molecule has 0 saturated heterocycles. The van der Waals surface area contributed by atoms with Crippen LogP contribution in [0.3, 0.4) is 0 Å². The third kappa shape index (κ3) is 7.11. The summed E-state index contributed by atoms with van der Waals surface area (Å²) >= 11 is 2.25. The second-order valence-corrected chi connectivity index (χ2v) is 12.1. The Balaban J connectivity index is 0.000000348. The molecule has 0 spiro atoms. The van der Waals surface area contributed by atoms with Gasteiger partial charge in [-0.3, -0.25) is 4.79 Å². The number of amides is 1. The maximum atomic E-state index is 13.5. The van der Waals surface area contributed by atoms with E-state index in [0.29, 0.717) is 11.0 Å². The minimum absolute atomic E-state index is 0. The number of rotatable bonds is 4. The van der Waals surface area contributed by atoms with Crippen molar-refractivity contribution in [3.8, 4) is 22.3 Å². The monoisotopic (exact) mass is 654 g/mol. The van der Waals surface area contributed by atoms with Gasteiger partial charge in [-0.1, -0.05) is 115 Å². The molecule has 0 unspecified atom stereocenters. The zero-order valence-electron chi connectivity index (χ0n) is 25.8. The summed E-state index contributed by atoms with van der Waals surface area (Å²) in [6, 6.07) is 40.3. The predicted molar refractivity (Wildman–Crippen MR) is 189 cm³/mol. The van der Waals surface area contributed by atoms with E-state index >= 15 is 0 Å². The summed E-state index contributed by atoms with van der Waals surface area (Å²) in [7, 11) is 0. The number of hydrogen-bond donors (Lipinski definition) is 1. The summed E-state index contributed by atoms with van der Waals surface area (Å²) in [6.07, 6.45) is 0. The molecule has 44 heavy (non-hydrogen) atoms. The zero-order chi connectivity index (χ0) is 29.9. The number of nitrogens with one attached hydrogen (secondary N) is 1. The van der Waals surface area contributed by atoms with Crippen LogP contribution in [0.1, 0.15) is 45.0 Å². The first kappa shape index (κ1) is 35.1. The van der Waals surface area contributed by atoms with E-state index in [4.69, 9.17) is 0 Å². The van der Waals surface area contributed by atoms with Gasteiger partial charge in [0, 0.05) is 16.7 Å². The molecule has 0 radical (unpaired) electrons. The predicted octanol–water partition coefficient (Wildman–Crippen LogP) is 11.5. The van der Waals surface area contributed by atoms with Gasteiger partial charge in [0.1, 0.15) is 0 Å². The molecule has 6 rings (SSSR count). The van der Waals surface area contributed by atoms with Crippen LogP contribution in [0.25, 0.3) is 33.0 Å². The smallest absolute Gasteiger partial charge is 0.256 e. The van der Waals surface area contributed by atoms with Gasteiger partial charge in [-0.15, -0.1) is 24.8 Å². The fourth-order valence-electron chi connectivity index (χ4n) is 5.60. The van der Waals surface area contributed by atoms with E-state index < -0.39 is 0 Å². The van der Waals surface area contributed by atoms with Crippen LogP contribution in [0, 0.1) is 5.41 Å². The molecule has 0 fully saturated rings. The van der Waals surface area contributed by atoms with Crippen LogP contribution in [0.2, 0.25) is 0 Å². The maximum absolute atomic E-state index is 13.5. The normalized spacial score (nSPS) is 13.4. The van der Waals surface area contributed by atoms with Gasteiger partial charge in [0.2, 0.25) is 0 Å². The molecule has 0 bridgehead atoms. The largest absolute Gasteiger partial charge is 0.321 e. The number of benzene rings is 5. The van der Waals surface area contributed by atoms with Gasteiger partial charge >= 0.3 is 81.1 Å². The van der Waals surface area contributed by atoms with Crippen LogP contribution in [0.5, 0.6) is 0 Å². The summed E-state index contributed by atoms with van der Waals surface area (Å²) in [4.78, 5) is 13.5. The molecule has 0 saturated carbocycles. The minimum atomic E-state index is -0.114. The number of allylic oxidation sites excluding steroid dienone is 4. The Labute approximate surface area is 285 Å². The molecule has 0 heterocycles. The molecule has 1 aliphatic carbocycles. The summed E-state index contributed by atoms with van der Waals surface area (Å²) in [5.41, 5.74) is 10.4. The summed E-state index contributed by atoms with van der Waals surface area (Å²) in [6.45, 7) is 11.3. The van der Waals surface area contributed by atoms with E-state index in [1.807, 2.05) is 84.9 Å². The number of para-hydroxylation sites is 1. The van der Waals surface area contributed by atoms with Crippen LogP contribution in [0.15, 0.2) is 142 Å². The molecule has 223 valence electrons. The average Bonchev–Trinajstić information content (AvgIpc) is 3.16. The van der Waals surface area contributed by atoms with Gasteiger partial charge in [0.15, 0.2) is 0 Å². The van der Waals surface area contributed by atoms with Gasteiger partial charge in [-0.25, -0.2) is 0 Å². The molecule has 5 aromatic carbocycles. The van der Waals surface area contributed by atoms with Crippen LogP contribution in [-0.4, -0.2) is 5.91 Å². The zero-order valence-corrected chi connectivity index (χ0v) is 29.0. The first-order valence-corrected chi connectivity index (χ1v) is 15.1. The molecule has 1 amide bonds. The number of fused-ring (bicyclic) bond motifs is 1. The molecule has 5 heteroatoms. The molecule has 1 aliphatic rings. The topological polar surface area (TPSA) is 29.1 Å². The van der Waals surface area contributed by atoms with E-state index in [-0.39, 0.29) is 30.7 Å². The first-order chi connectivity index (χ1) is 20.2. The van der Waals surface area contributed by atoms with Gasteiger partial charge < -0.3 is 5.32 Å². The van der Waals surface area contributed by atoms with Crippen molar-refractivity contribution < 1.29 is 25.2 Å². The first-order valence-electron chi connectivity index (χ1n) is 14.3. The molecule has 1 N–H and O–H groups in total. The van der Waals surface area contributed by atoms with Gasteiger partial charge in [0.25, 0.3) is 5.91 Å². The van der Waals surface area contributed by atoms with E-state index in [1.165, 1.54) is 20.6 Å².